The van der Waals surface area contributed by atoms with E-state index in [4.69, 9.17) is 14.2 Å². The summed E-state index contributed by atoms with van der Waals surface area (Å²) in [5, 5.41) is 12.7. The van der Waals surface area contributed by atoms with E-state index in [0.29, 0.717) is 30.4 Å². The maximum atomic E-state index is 12.7. The van der Waals surface area contributed by atoms with Crippen LogP contribution in [0.3, 0.4) is 0 Å². The Labute approximate surface area is 186 Å². The monoisotopic (exact) mass is 441 g/mol. The largest absolute Gasteiger partial charge is 0.859 e. The molecule has 0 aliphatic carbocycles. The van der Waals surface area contributed by atoms with Gasteiger partial charge in [0.25, 0.3) is 5.82 Å². The quantitative estimate of drug-likeness (QED) is 0.346. The van der Waals surface area contributed by atoms with Crippen molar-refractivity contribution in [2.24, 2.45) is 4.99 Å². The van der Waals surface area contributed by atoms with Gasteiger partial charge in [-0.2, -0.15) is 0 Å². The molecule has 0 fully saturated rings. The zero-order valence-electron chi connectivity index (χ0n) is 17.2. The smallest absolute Gasteiger partial charge is 0.257 e. The molecule has 162 valence electrons. The Hall–Kier alpha value is -3.19. The summed E-state index contributed by atoms with van der Waals surface area (Å²) in [4.78, 5) is 4.27. The molecule has 0 amide bonds. The highest BCUT2D eigenvalue weighted by Gasteiger charge is 2.28. The Morgan fingerprint density at radius 1 is 1.13 bits per heavy atom. The highest BCUT2D eigenvalue weighted by Crippen LogP contribution is 2.33. The van der Waals surface area contributed by atoms with Gasteiger partial charge in [-0.25, -0.2) is 9.13 Å². The summed E-state index contributed by atoms with van der Waals surface area (Å²) < 4.78 is 20.7. The number of halogens is 1. The van der Waals surface area contributed by atoms with E-state index >= 15 is 0 Å². The second-order valence-corrected chi connectivity index (χ2v) is 7.38. The van der Waals surface area contributed by atoms with Gasteiger partial charge in [0.2, 0.25) is 0 Å². The molecule has 0 saturated carbocycles. The van der Waals surface area contributed by atoms with E-state index in [1.54, 1.807) is 25.3 Å². The first-order valence-electron chi connectivity index (χ1n) is 10.1. The van der Waals surface area contributed by atoms with Gasteiger partial charge in [0.05, 0.1) is 25.8 Å². The van der Waals surface area contributed by atoms with Crippen LogP contribution in [0.4, 0.5) is 5.69 Å². The van der Waals surface area contributed by atoms with E-state index in [9.17, 15) is 5.11 Å². The van der Waals surface area contributed by atoms with Crippen molar-refractivity contribution in [1.29, 1.82) is 0 Å². The van der Waals surface area contributed by atoms with Crippen molar-refractivity contribution in [2.75, 3.05) is 20.3 Å². The number of ether oxygens (including phenoxy) is 3. The molecule has 8 heteroatoms. The minimum absolute atomic E-state index is 0. The van der Waals surface area contributed by atoms with Crippen molar-refractivity contribution in [2.45, 2.75) is 25.9 Å². The zero-order valence-corrected chi connectivity index (χ0v) is 18.1. The molecule has 31 heavy (non-hydrogen) atoms. The minimum atomic E-state index is -0.196. The number of hydrogen-bond donors (Lipinski definition) is 0. The first-order chi connectivity index (χ1) is 14.7. The molecule has 3 aromatic rings. The summed E-state index contributed by atoms with van der Waals surface area (Å²) in [6, 6.07) is 13.3. The average Bonchev–Trinajstić information content (AvgIpc) is 3.38. The lowest BCUT2D eigenvalue weighted by atomic mass is 10.1. The summed E-state index contributed by atoms with van der Waals surface area (Å²) >= 11 is 0. The van der Waals surface area contributed by atoms with Gasteiger partial charge in [0, 0.05) is 17.5 Å². The van der Waals surface area contributed by atoms with Crippen LogP contribution in [0.5, 0.6) is 17.2 Å². The number of nitrogens with zero attached hydrogens (tertiary/aromatic N) is 3. The number of rotatable bonds is 5. The number of hydrogen-bond acceptors (Lipinski definition) is 5. The van der Waals surface area contributed by atoms with Crippen LogP contribution >= 0.6 is 12.4 Å². The Morgan fingerprint density at radius 2 is 1.90 bits per heavy atom. The molecule has 0 bridgehead atoms. The molecule has 3 heterocycles. The van der Waals surface area contributed by atoms with Crippen LogP contribution in [-0.2, 0) is 19.5 Å². The molecule has 5 rings (SSSR count). The van der Waals surface area contributed by atoms with E-state index in [1.165, 1.54) is 0 Å². The van der Waals surface area contributed by atoms with E-state index in [0.717, 1.165) is 42.2 Å². The van der Waals surface area contributed by atoms with Crippen LogP contribution in [0.2, 0.25) is 0 Å². The van der Waals surface area contributed by atoms with Gasteiger partial charge in [-0.05, 0) is 42.8 Å². The fourth-order valence-corrected chi connectivity index (χ4v) is 4.06. The van der Waals surface area contributed by atoms with E-state index in [2.05, 4.69) is 9.56 Å². The predicted octanol–water partition coefficient (Wildman–Crippen LogP) is 2.68. The fraction of sp³-hybridized carbons (Fsp3) is 0.304. The van der Waals surface area contributed by atoms with Gasteiger partial charge in [-0.15, -0.1) is 12.4 Å². The number of aromatic nitrogens is 2. The third-order valence-electron chi connectivity index (χ3n) is 5.47. The Kier molecular flexibility index (Phi) is 6.04. The zero-order chi connectivity index (χ0) is 20.5. The standard InChI is InChI=1S/C23H23N3O4.ClH/c1-28-18-7-4-16(5-8-18)19-14-25(23-3-2-10-26(19)23)15-22(27)24-17-6-9-20-21(13-17)30-12-11-29-20;/h4-9,13-14H,2-3,10-12,15H2,1H3;1H. The van der Waals surface area contributed by atoms with E-state index < -0.39 is 0 Å². The third-order valence-corrected chi connectivity index (χ3v) is 5.47. The van der Waals surface area contributed by atoms with Crippen LogP contribution in [0, 0.1) is 0 Å². The highest BCUT2D eigenvalue weighted by molar-refractivity contribution is 5.85. The number of imidazole rings is 1. The maximum absolute atomic E-state index is 12.7. The lowest BCUT2D eigenvalue weighted by Crippen LogP contribution is -2.43. The molecule has 0 atom stereocenters. The molecular formula is C23H24ClN3O4. The summed E-state index contributed by atoms with van der Waals surface area (Å²) in [5.74, 6) is 3.11. The van der Waals surface area contributed by atoms with Crippen LogP contribution in [0.25, 0.3) is 11.3 Å². The molecule has 7 nitrogen and oxygen atoms in total. The molecule has 1 aromatic heterocycles. The Bertz CT molecular complexity index is 1110. The van der Waals surface area contributed by atoms with Crippen molar-refractivity contribution in [3.63, 3.8) is 0 Å². The molecule has 2 aliphatic heterocycles. The third kappa shape index (κ3) is 4.18. The van der Waals surface area contributed by atoms with Gasteiger partial charge in [-0.3, -0.25) is 4.99 Å². The molecule has 0 unspecified atom stereocenters. The van der Waals surface area contributed by atoms with Gasteiger partial charge in [-0.1, -0.05) is 0 Å². The Morgan fingerprint density at radius 3 is 2.68 bits per heavy atom. The first-order valence-corrected chi connectivity index (χ1v) is 10.1. The summed E-state index contributed by atoms with van der Waals surface area (Å²) in [7, 11) is 1.66. The van der Waals surface area contributed by atoms with Gasteiger partial charge in [0.1, 0.15) is 31.7 Å². The number of methoxy groups -OCH3 is 1. The van der Waals surface area contributed by atoms with Crippen molar-refractivity contribution >= 4 is 24.0 Å². The highest BCUT2D eigenvalue weighted by atomic mass is 35.5. The minimum Gasteiger partial charge on any atom is -0.859 e. The number of fused-ring (bicyclic) bond motifs is 2. The number of benzene rings is 2. The average molecular weight is 442 g/mol. The molecule has 0 N–H and O–H groups in total. The predicted molar refractivity (Wildman–Crippen MR) is 117 cm³/mol. The molecule has 2 aliphatic rings. The lowest BCUT2D eigenvalue weighted by molar-refractivity contribution is -0.693. The summed E-state index contributed by atoms with van der Waals surface area (Å²) in [6.07, 6.45) is 4.08. The Balaban J connectivity index is 0.00000231. The van der Waals surface area contributed by atoms with Crippen LogP contribution in [0.1, 0.15) is 12.2 Å². The van der Waals surface area contributed by atoms with Crippen molar-refractivity contribution < 1.29 is 23.9 Å². The summed E-state index contributed by atoms with van der Waals surface area (Å²) in [5.41, 5.74) is 2.79. The molecule has 0 saturated heterocycles. The molecule has 0 radical (unpaired) electrons. The summed E-state index contributed by atoms with van der Waals surface area (Å²) in [6.45, 7) is 2.21. The van der Waals surface area contributed by atoms with Gasteiger partial charge in [0.15, 0.2) is 17.2 Å². The van der Waals surface area contributed by atoms with E-state index in [1.807, 2.05) is 35.0 Å². The maximum Gasteiger partial charge on any atom is 0.257 e. The SMILES string of the molecule is COc1ccc(-c2c[n+](CC([O-])=Nc3ccc4c(c3)OCCO4)c3n2CCC3)cc1.Cl. The van der Waals surface area contributed by atoms with Gasteiger partial charge < -0.3 is 19.3 Å². The van der Waals surface area contributed by atoms with Gasteiger partial charge >= 0.3 is 0 Å². The normalized spacial score (nSPS) is 14.7. The lowest BCUT2D eigenvalue weighted by Gasteiger charge is -2.18. The number of aliphatic imine (C=N–C) groups is 1. The molecular weight excluding hydrogens is 418 g/mol. The second kappa shape index (κ2) is 8.89. The molecule has 0 spiro atoms. The van der Waals surface area contributed by atoms with Crippen molar-refractivity contribution in [3.05, 3.63) is 54.5 Å². The van der Waals surface area contributed by atoms with Crippen LogP contribution < -0.4 is 23.9 Å². The molecule has 2 aromatic carbocycles. The van der Waals surface area contributed by atoms with Crippen LogP contribution in [-0.4, -0.2) is 30.8 Å². The second-order valence-electron chi connectivity index (χ2n) is 7.38. The van der Waals surface area contributed by atoms with Crippen LogP contribution in [0.15, 0.2) is 53.7 Å². The van der Waals surface area contributed by atoms with Crippen molar-refractivity contribution in [1.82, 2.24) is 4.57 Å². The van der Waals surface area contributed by atoms with E-state index in [-0.39, 0.29) is 24.8 Å². The fourth-order valence-electron chi connectivity index (χ4n) is 4.06. The first kappa shape index (κ1) is 21.1. The topological polar surface area (TPSA) is 71.9 Å². The van der Waals surface area contributed by atoms with Crippen molar-refractivity contribution in [3.8, 4) is 28.5 Å².